The first-order chi connectivity index (χ1) is 2.56. The van der Waals surface area contributed by atoms with E-state index < -0.39 is 11.4 Å². The van der Waals surface area contributed by atoms with Gasteiger partial charge in [0, 0.05) is 0 Å². The SMILES string of the molecule is NNS(F)(F)F. The van der Waals surface area contributed by atoms with Gasteiger partial charge in [0.25, 0.3) is 11.4 Å². The van der Waals surface area contributed by atoms with Gasteiger partial charge in [0.2, 0.25) is 0 Å². The average molecular weight is 120 g/mol. The summed E-state index contributed by atoms with van der Waals surface area (Å²) in [6.07, 6.45) is 0. The lowest BCUT2D eigenvalue weighted by Crippen LogP contribution is -2.17. The average Bonchev–Trinajstić information content (AvgIpc) is 1.35. The number of nitrogens with two attached hydrogens (primary N) is 1. The third-order valence-electron chi connectivity index (χ3n) is 0.134. The van der Waals surface area contributed by atoms with Crippen molar-refractivity contribution < 1.29 is 11.7 Å². The lowest BCUT2D eigenvalue weighted by molar-refractivity contribution is 0.606. The van der Waals surface area contributed by atoms with Crippen molar-refractivity contribution in [2.75, 3.05) is 0 Å². The molecule has 0 rings (SSSR count). The van der Waals surface area contributed by atoms with Crippen molar-refractivity contribution in [3.8, 4) is 0 Å². The molecule has 0 aromatic carbocycles. The van der Waals surface area contributed by atoms with E-state index in [4.69, 9.17) is 0 Å². The van der Waals surface area contributed by atoms with Gasteiger partial charge in [-0.3, -0.25) is 5.84 Å². The molecule has 0 saturated heterocycles. The minimum atomic E-state index is -5.13. The van der Waals surface area contributed by atoms with Crippen LogP contribution < -0.4 is 10.7 Å². The summed E-state index contributed by atoms with van der Waals surface area (Å²) in [6.45, 7) is 0. The molecule has 0 aliphatic rings. The highest BCUT2D eigenvalue weighted by Crippen LogP contribution is 2.46. The van der Waals surface area contributed by atoms with Gasteiger partial charge in [-0.05, 0) is 0 Å². The summed E-state index contributed by atoms with van der Waals surface area (Å²) in [5, 5.41) is 0. The topological polar surface area (TPSA) is 38.0 Å². The third kappa shape index (κ3) is 4.06. The molecule has 2 nitrogen and oxygen atoms in total. The molecule has 3 N–H and O–H groups in total. The van der Waals surface area contributed by atoms with Crippen LogP contribution in [0.15, 0.2) is 0 Å². The lowest BCUT2D eigenvalue weighted by atomic mass is 13.0. The van der Waals surface area contributed by atoms with E-state index in [1.54, 1.807) is 0 Å². The van der Waals surface area contributed by atoms with Gasteiger partial charge in [0.1, 0.15) is 0 Å². The molecule has 0 aliphatic carbocycles. The van der Waals surface area contributed by atoms with E-state index in [9.17, 15) is 11.7 Å². The van der Waals surface area contributed by atoms with Crippen LogP contribution in [0.2, 0.25) is 0 Å². The molecule has 0 aliphatic heterocycles. The summed E-state index contributed by atoms with van der Waals surface area (Å²) >= 11 is -5.13. The van der Waals surface area contributed by atoms with Crippen LogP contribution in [0.1, 0.15) is 0 Å². The quantitative estimate of drug-likeness (QED) is 0.397. The number of hydrogen-bond donors (Lipinski definition) is 2. The highest BCUT2D eigenvalue weighted by atomic mass is 32.3. The molecule has 0 spiro atoms. The maximum atomic E-state index is 10.6. The number of rotatable bonds is 1. The summed E-state index contributed by atoms with van der Waals surface area (Å²) in [4.78, 5) is 0.688. The zero-order valence-corrected chi connectivity index (χ0v) is 3.44. The molecule has 0 unspecified atom stereocenters. The Labute approximate surface area is 34.8 Å². The van der Waals surface area contributed by atoms with E-state index in [0.717, 1.165) is 0 Å². The summed E-state index contributed by atoms with van der Waals surface area (Å²) in [6, 6.07) is 0. The van der Waals surface area contributed by atoms with Crippen molar-refractivity contribution in [3.63, 3.8) is 0 Å². The highest BCUT2D eigenvalue weighted by Gasteiger charge is 2.15. The van der Waals surface area contributed by atoms with Crippen molar-refractivity contribution in [2.45, 2.75) is 0 Å². The lowest BCUT2D eigenvalue weighted by Gasteiger charge is -2.03. The normalized spacial score (nSPS) is 14.7. The van der Waals surface area contributed by atoms with Gasteiger partial charge in [-0.25, -0.2) is 0 Å². The van der Waals surface area contributed by atoms with E-state index in [1.807, 2.05) is 0 Å². The second-order valence-electron chi connectivity index (χ2n) is 0.524. The molecule has 0 atom stereocenters. The standard InChI is InChI=1S/F3H3N2S/c1-6(2,3)5-4/h5H,4H2. The molecule has 6 heavy (non-hydrogen) atoms. The Morgan fingerprint density at radius 3 is 1.50 bits per heavy atom. The minimum Gasteiger partial charge on any atom is -0.257 e. The number of hydrogen-bond acceptors (Lipinski definition) is 2. The fraction of sp³-hybridized carbons (Fsp3) is 0. The van der Waals surface area contributed by atoms with E-state index >= 15 is 0 Å². The molecule has 0 radical (unpaired) electrons. The molecule has 0 aromatic rings. The molecule has 6 heteroatoms. The van der Waals surface area contributed by atoms with Gasteiger partial charge in [-0.1, -0.05) is 0 Å². The van der Waals surface area contributed by atoms with E-state index in [2.05, 4.69) is 5.84 Å². The van der Waals surface area contributed by atoms with E-state index in [1.165, 1.54) is 0 Å². The molecule has 0 bridgehead atoms. The molecule has 0 heterocycles. The van der Waals surface area contributed by atoms with Crippen molar-refractivity contribution in [2.24, 2.45) is 5.84 Å². The van der Waals surface area contributed by atoms with Crippen molar-refractivity contribution in [3.05, 3.63) is 0 Å². The maximum Gasteiger partial charge on any atom is 0.288 e. The summed E-state index contributed by atoms with van der Waals surface area (Å²) in [5.41, 5.74) is 0. The first-order valence-electron chi connectivity index (χ1n) is 0.956. The largest absolute Gasteiger partial charge is 0.288 e. The zero-order chi connectivity index (χ0) is 5.21. The summed E-state index contributed by atoms with van der Waals surface area (Å²) in [5.74, 6) is 3.97. The Morgan fingerprint density at radius 2 is 1.50 bits per heavy atom. The van der Waals surface area contributed by atoms with E-state index in [0.29, 0.717) is 4.83 Å². The first kappa shape index (κ1) is 6.06. The van der Waals surface area contributed by atoms with Crippen LogP contribution in [-0.2, 0) is 0 Å². The second kappa shape index (κ2) is 1.67. The Kier molecular flexibility index (Phi) is 1.69. The van der Waals surface area contributed by atoms with Gasteiger partial charge < -0.3 is 0 Å². The molecular formula is H3F3N2S. The van der Waals surface area contributed by atoms with Crippen LogP contribution >= 0.6 is 11.4 Å². The number of hydrazine groups is 1. The molecule has 0 aromatic heterocycles. The molecular weight excluding hydrogens is 117 g/mol. The smallest absolute Gasteiger partial charge is 0.257 e. The minimum absolute atomic E-state index is 0.688. The zero-order valence-electron chi connectivity index (χ0n) is 2.62. The van der Waals surface area contributed by atoms with Gasteiger partial charge in [0.05, 0.1) is 0 Å². The van der Waals surface area contributed by atoms with Crippen LogP contribution in [-0.4, -0.2) is 0 Å². The van der Waals surface area contributed by atoms with Crippen LogP contribution in [0.5, 0.6) is 0 Å². The van der Waals surface area contributed by atoms with Gasteiger partial charge >= 0.3 is 0 Å². The summed E-state index contributed by atoms with van der Waals surface area (Å²) < 4.78 is 31.9. The fourth-order valence-electron chi connectivity index (χ4n) is 0. The second-order valence-corrected chi connectivity index (χ2v) is 1.57. The summed E-state index contributed by atoms with van der Waals surface area (Å²) in [7, 11) is 0. The van der Waals surface area contributed by atoms with Crippen molar-refractivity contribution in [1.82, 2.24) is 4.83 Å². The molecule has 0 saturated carbocycles. The predicted molar refractivity (Wildman–Crippen MR) is 18.2 cm³/mol. The predicted octanol–water partition coefficient (Wildman–Crippen LogP) is 0.823. The highest BCUT2D eigenvalue weighted by molar-refractivity contribution is 8.19. The van der Waals surface area contributed by atoms with Crippen LogP contribution in [0, 0.1) is 0 Å². The molecule has 0 fully saturated rings. The number of halogens is 3. The molecule has 40 valence electrons. The van der Waals surface area contributed by atoms with Gasteiger partial charge in [-0.15, -0.1) is 16.5 Å². The van der Waals surface area contributed by atoms with Crippen molar-refractivity contribution in [1.29, 1.82) is 0 Å². The van der Waals surface area contributed by atoms with Crippen molar-refractivity contribution >= 4 is 11.4 Å². The van der Waals surface area contributed by atoms with Crippen LogP contribution in [0.25, 0.3) is 0 Å². The maximum absolute atomic E-state index is 10.6. The Hall–Kier alpha value is 0.0600. The third-order valence-corrected chi connectivity index (χ3v) is 0.401. The Morgan fingerprint density at radius 1 is 1.33 bits per heavy atom. The monoisotopic (exact) mass is 120 g/mol. The fourth-order valence-corrected chi connectivity index (χ4v) is 0. The first-order valence-corrected chi connectivity index (χ1v) is 2.29. The molecule has 0 amide bonds. The van der Waals surface area contributed by atoms with Gasteiger partial charge in [0.15, 0.2) is 0 Å². The Bertz CT molecular complexity index is 38.5. The van der Waals surface area contributed by atoms with Gasteiger partial charge in [-0.2, -0.15) is 0 Å². The number of nitrogens with one attached hydrogen (secondary N) is 1. The van der Waals surface area contributed by atoms with Crippen LogP contribution in [0.4, 0.5) is 11.7 Å². The van der Waals surface area contributed by atoms with Crippen LogP contribution in [0.3, 0.4) is 0 Å². The van der Waals surface area contributed by atoms with E-state index in [-0.39, 0.29) is 0 Å². The Balaban J connectivity index is 3.17.